The monoisotopic (exact) mass is 605 g/mol. The maximum Gasteiger partial charge on any atom is 0.301 e. The van der Waals surface area contributed by atoms with Gasteiger partial charge in [-0.3, -0.25) is 14.5 Å². The number of ether oxygens (including phenoxy) is 2. The standard InChI is InChI=1S/C31H28FN3O5S2/c1-3-16-40-24-7-5-6-21(17-24)26-25(27(36)20-10-14-23(15-11-20)39-4-2)28(37)29(38)35(26)30-33-34-31(42-30)41-18-19-8-12-22(32)13-9-19/h5-15,17,26,36H,3-4,16,18H2,1-2H3/b27-25+. The first kappa shape index (κ1) is 29.3. The Morgan fingerprint density at radius 3 is 2.48 bits per heavy atom. The third kappa shape index (κ3) is 6.32. The highest BCUT2D eigenvalue weighted by Gasteiger charge is 2.48. The van der Waals surface area contributed by atoms with Crippen molar-refractivity contribution >= 4 is 45.7 Å². The van der Waals surface area contributed by atoms with Gasteiger partial charge in [0.2, 0.25) is 5.13 Å². The molecule has 42 heavy (non-hydrogen) atoms. The lowest BCUT2D eigenvalue weighted by Gasteiger charge is -2.23. The van der Waals surface area contributed by atoms with Crippen LogP contribution < -0.4 is 14.4 Å². The van der Waals surface area contributed by atoms with E-state index in [1.54, 1.807) is 60.7 Å². The molecule has 0 aliphatic carbocycles. The molecule has 1 N–H and O–H groups in total. The van der Waals surface area contributed by atoms with Crippen molar-refractivity contribution in [1.29, 1.82) is 0 Å². The molecule has 1 aliphatic heterocycles. The van der Waals surface area contributed by atoms with Gasteiger partial charge in [-0.05, 0) is 73.0 Å². The molecule has 1 unspecified atom stereocenters. The van der Waals surface area contributed by atoms with Gasteiger partial charge >= 0.3 is 5.91 Å². The Morgan fingerprint density at radius 1 is 1.00 bits per heavy atom. The van der Waals surface area contributed by atoms with E-state index in [-0.39, 0.29) is 22.3 Å². The van der Waals surface area contributed by atoms with Crippen molar-refractivity contribution in [2.24, 2.45) is 0 Å². The molecule has 0 saturated carbocycles. The van der Waals surface area contributed by atoms with E-state index in [4.69, 9.17) is 9.47 Å². The summed E-state index contributed by atoms with van der Waals surface area (Å²) >= 11 is 2.54. The second kappa shape index (κ2) is 13.2. The van der Waals surface area contributed by atoms with Crippen molar-refractivity contribution in [1.82, 2.24) is 10.2 Å². The lowest BCUT2D eigenvalue weighted by Crippen LogP contribution is -2.29. The third-order valence-corrected chi connectivity index (χ3v) is 8.53. The number of carbonyl (C=O) groups is 2. The van der Waals surface area contributed by atoms with Crippen LogP contribution in [0.2, 0.25) is 0 Å². The average molecular weight is 606 g/mol. The number of benzene rings is 3. The van der Waals surface area contributed by atoms with Crippen LogP contribution in [-0.2, 0) is 15.3 Å². The zero-order valence-electron chi connectivity index (χ0n) is 23.0. The fourth-order valence-electron chi connectivity index (χ4n) is 4.45. The summed E-state index contributed by atoms with van der Waals surface area (Å²) < 4.78 is 25.2. The topological polar surface area (TPSA) is 102 Å². The minimum atomic E-state index is -0.968. The van der Waals surface area contributed by atoms with Crippen LogP contribution in [0.4, 0.5) is 9.52 Å². The number of aliphatic hydroxyl groups excluding tert-OH is 1. The average Bonchev–Trinajstić information content (AvgIpc) is 3.58. The van der Waals surface area contributed by atoms with E-state index in [2.05, 4.69) is 10.2 Å². The predicted molar refractivity (Wildman–Crippen MR) is 160 cm³/mol. The minimum absolute atomic E-state index is 0.0625. The number of aromatic nitrogens is 2. The predicted octanol–water partition coefficient (Wildman–Crippen LogP) is 6.78. The second-order valence-corrected chi connectivity index (χ2v) is 11.5. The molecule has 1 atom stereocenters. The number of rotatable bonds is 11. The molecule has 1 aliphatic rings. The van der Waals surface area contributed by atoms with Crippen molar-refractivity contribution in [2.45, 2.75) is 36.4 Å². The van der Waals surface area contributed by atoms with Gasteiger partial charge in [-0.2, -0.15) is 0 Å². The van der Waals surface area contributed by atoms with Crippen molar-refractivity contribution in [2.75, 3.05) is 18.1 Å². The first-order chi connectivity index (χ1) is 20.4. The van der Waals surface area contributed by atoms with Gasteiger partial charge in [0.15, 0.2) is 4.34 Å². The summed E-state index contributed by atoms with van der Waals surface area (Å²) in [6.07, 6.45) is 0.809. The number of hydrogen-bond acceptors (Lipinski definition) is 9. The summed E-state index contributed by atoms with van der Waals surface area (Å²) in [6, 6.07) is 19.0. The highest BCUT2D eigenvalue weighted by molar-refractivity contribution is 8.00. The number of thioether (sulfide) groups is 1. The second-order valence-electron chi connectivity index (χ2n) is 9.31. The minimum Gasteiger partial charge on any atom is -0.507 e. The molecule has 1 aromatic heterocycles. The van der Waals surface area contributed by atoms with Crippen molar-refractivity contribution in [3.8, 4) is 11.5 Å². The fraction of sp³-hybridized carbons (Fsp3) is 0.226. The molecule has 1 saturated heterocycles. The molecular formula is C31H28FN3O5S2. The lowest BCUT2D eigenvalue weighted by molar-refractivity contribution is -0.132. The van der Waals surface area contributed by atoms with E-state index in [9.17, 15) is 19.1 Å². The van der Waals surface area contributed by atoms with E-state index in [1.165, 1.54) is 28.8 Å². The van der Waals surface area contributed by atoms with Crippen molar-refractivity contribution in [3.05, 3.63) is 101 Å². The quantitative estimate of drug-likeness (QED) is 0.0656. The van der Waals surface area contributed by atoms with Gasteiger partial charge in [0.05, 0.1) is 24.8 Å². The summed E-state index contributed by atoms with van der Waals surface area (Å²) in [5, 5.41) is 20.1. The molecule has 216 valence electrons. The summed E-state index contributed by atoms with van der Waals surface area (Å²) in [4.78, 5) is 28.3. The van der Waals surface area contributed by atoms with Crippen molar-refractivity contribution in [3.63, 3.8) is 0 Å². The molecule has 2 heterocycles. The number of Topliss-reactive ketones (excluding diaryl/α,β-unsaturated/α-hetero) is 1. The highest BCUT2D eigenvalue weighted by atomic mass is 32.2. The van der Waals surface area contributed by atoms with Gasteiger partial charge in [-0.1, -0.05) is 54.3 Å². The van der Waals surface area contributed by atoms with E-state index in [1.807, 2.05) is 13.8 Å². The Bertz CT molecular complexity index is 1610. The Morgan fingerprint density at radius 2 is 1.76 bits per heavy atom. The molecule has 0 spiro atoms. The lowest BCUT2D eigenvalue weighted by atomic mass is 9.95. The first-order valence-corrected chi connectivity index (χ1v) is 15.2. The van der Waals surface area contributed by atoms with Crippen LogP contribution in [0.1, 0.15) is 43.0 Å². The molecule has 11 heteroatoms. The molecule has 4 aromatic rings. The molecule has 1 fully saturated rings. The van der Waals surface area contributed by atoms with Crippen LogP contribution in [0.5, 0.6) is 11.5 Å². The molecule has 0 bridgehead atoms. The van der Waals surface area contributed by atoms with E-state index < -0.39 is 17.7 Å². The van der Waals surface area contributed by atoms with Crippen LogP contribution >= 0.6 is 23.1 Å². The molecule has 0 radical (unpaired) electrons. The SMILES string of the molecule is CCCOc1cccc(C2/C(=C(\O)c3ccc(OCC)cc3)C(=O)C(=O)N2c2nnc(SCc3ccc(F)cc3)s2)c1. The molecule has 1 amide bonds. The van der Waals surface area contributed by atoms with Gasteiger partial charge in [-0.15, -0.1) is 10.2 Å². The number of hydrogen-bond donors (Lipinski definition) is 1. The van der Waals surface area contributed by atoms with Crippen LogP contribution in [0.3, 0.4) is 0 Å². The van der Waals surface area contributed by atoms with Gasteiger partial charge in [0.1, 0.15) is 23.1 Å². The fourth-order valence-corrected chi connectivity index (χ4v) is 6.28. The number of anilines is 1. The van der Waals surface area contributed by atoms with Crippen molar-refractivity contribution < 1.29 is 28.6 Å². The molecule has 3 aromatic carbocycles. The summed E-state index contributed by atoms with van der Waals surface area (Å²) in [7, 11) is 0. The number of amides is 1. The Kier molecular flexibility index (Phi) is 9.19. The molecule has 8 nitrogen and oxygen atoms in total. The first-order valence-electron chi connectivity index (χ1n) is 13.4. The number of nitrogens with zero attached hydrogens (tertiary/aromatic N) is 3. The summed E-state index contributed by atoms with van der Waals surface area (Å²) in [5.74, 6) is -0.558. The number of ketones is 1. The van der Waals surface area contributed by atoms with Crippen LogP contribution in [-0.4, -0.2) is 40.2 Å². The normalized spacial score (nSPS) is 16.2. The third-order valence-electron chi connectivity index (χ3n) is 6.41. The zero-order chi connectivity index (χ0) is 29.6. The van der Waals surface area contributed by atoms with Crippen LogP contribution in [0, 0.1) is 5.82 Å². The summed E-state index contributed by atoms with van der Waals surface area (Å²) in [5.41, 5.74) is 1.78. The number of halogens is 1. The zero-order valence-corrected chi connectivity index (χ0v) is 24.6. The molecule has 5 rings (SSSR count). The number of aliphatic hydroxyl groups is 1. The largest absolute Gasteiger partial charge is 0.507 e. The Labute approximate surface area is 250 Å². The Balaban J connectivity index is 1.53. The Hall–Kier alpha value is -4.22. The van der Waals surface area contributed by atoms with Gasteiger partial charge < -0.3 is 14.6 Å². The van der Waals surface area contributed by atoms with Crippen LogP contribution in [0.25, 0.3) is 5.76 Å². The van der Waals surface area contributed by atoms with E-state index in [0.29, 0.717) is 45.9 Å². The number of carbonyl (C=O) groups excluding carboxylic acids is 2. The van der Waals surface area contributed by atoms with E-state index >= 15 is 0 Å². The maximum absolute atomic E-state index is 13.5. The van der Waals surface area contributed by atoms with Gasteiger partial charge in [0.25, 0.3) is 5.78 Å². The van der Waals surface area contributed by atoms with Crippen LogP contribution in [0.15, 0.2) is 82.7 Å². The van der Waals surface area contributed by atoms with E-state index in [0.717, 1.165) is 23.3 Å². The summed E-state index contributed by atoms with van der Waals surface area (Å²) in [6.45, 7) is 4.85. The smallest absolute Gasteiger partial charge is 0.301 e. The molecular weight excluding hydrogens is 577 g/mol. The highest BCUT2D eigenvalue weighted by Crippen LogP contribution is 2.44. The van der Waals surface area contributed by atoms with Gasteiger partial charge in [-0.25, -0.2) is 4.39 Å². The maximum atomic E-state index is 13.5. The van der Waals surface area contributed by atoms with Gasteiger partial charge in [0, 0.05) is 11.3 Å².